The third-order valence-electron chi connectivity index (χ3n) is 13.5. The number of hydrogen-bond acceptors (Lipinski definition) is 1. The van der Waals surface area contributed by atoms with E-state index < -0.39 is 8.07 Å². The van der Waals surface area contributed by atoms with Crippen LogP contribution >= 0.6 is 11.3 Å². The van der Waals surface area contributed by atoms with Gasteiger partial charge >= 0.3 is 0 Å². The van der Waals surface area contributed by atoms with Crippen molar-refractivity contribution >= 4 is 104 Å². The Hall–Kier alpha value is -7.76. The van der Waals surface area contributed by atoms with Gasteiger partial charge < -0.3 is 9.13 Å². The molecule has 0 bridgehead atoms. The second-order valence-electron chi connectivity index (χ2n) is 16.8. The molecule has 3 heterocycles. The molecule has 0 atom stereocenters. The Bertz CT molecular complexity index is 3790. The molecule has 0 amide bonds. The fourth-order valence-corrected chi connectivity index (χ4v) is 16.6. The van der Waals surface area contributed by atoms with Gasteiger partial charge in [-0.3, -0.25) is 0 Å². The third kappa shape index (κ3) is 5.50. The molecule has 0 spiro atoms. The average molecular weight is 849 g/mol. The van der Waals surface area contributed by atoms with E-state index >= 15 is 0 Å². The standard InChI is InChI=1S/C60H40N2SSi/c1-3-16-44(17-4-1)64(45-18-5-2-6-19-45,46-35-30-41(31-36-46)48-24-15-25-53-52-23-10-14-29-59(52)63-60(48)53)47-37-32-42(33-38-47)61-57-28-13-9-22-51(57)54-40-43(34-39-58(54)61)62-55-26-11-7-20-49(55)50-21-8-12-27-56(50)62/h1-40H. The van der Waals surface area contributed by atoms with Crippen molar-refractivity contribution in [2.24, 2.45) is 0 Å². The largest absolute Gasteiger partial charge is 0.309 e. The fraction of sp³-hybridized carbons (Fsp3) is 0. The first kappa shape index (κ1) is 36.9. The lowest BCUT2D eigenvalue weighted by molar-refractivity contribution is 1.17. The maximum atomic E-state index is 2.45. The third-order valence-corrected chi connectivity index (χ3v) is 19.5. The van der Waals surface area contributed by atoms with E-state index in [0.29, 0.717) is 0 Å². The molecule has 4 heteroatoms. The molecule has 3 aromatic heterocycles. The van der Waals surface area contributed by atoms with Crippen LogP contribution in [0.25, 0.3) is 86.3 Å². The smallest absolute Gasteiger partial charge is 0.179 e. The topological polar surface area (TPSA) is 9.86 Å². The lowest BCUT2D eigenvalue weighted by atomic mass is 10.0. The number of thiophene rings is 1. The van der Waals surface area contributed by atoms with Crippen molar-refractivity contribution in [3.05, 3.63) is 243 Å². The van der Waals surface area contributed by atoms with Crippen LogP contribution in [0.1, 0.15) is 0 Å². The van der Waals surface area contributed by atoms with Gasteiger partial charge in [0.05, 0.1) is 22.1 Å². The van der Waals surface area contributed by atoms with E-state index in [0.717, 1.165) is 11.4 Å². The Balaban J connectivity index is 0.972. The highest BCUT2D eigenvalue weighted by Crippen LogP contribution is 2.40. The van der Waals surface area contributed by atoms with E-state index in [1.165, 1.54) is 95.7 Å². The number of para-hydroxylation sites is 3. The molecular formula is C60H40N2SSi. The SMILES string of the molecule is c1ccc([Si](c2ccccc2)(c2ccc(-c3cccc4c3sc3ccccc34)cc2)c2ccc(-n3c4ccccc4c4cc(-n5c6ccccc6c6ccccc65)ccc43)cc2)cc1. The summed E-state index contributed by atoms with van der Waals surface area (Å²) in [4.78, 5) is 0. The molecule has 0 fully saturated rings. The minimum atomic E-state index is -2.81. The van der Waals surface area contributed by atoms with Crippen LogP contribution in [0.4, 0.5) is 0 Å². The molecule has 0 unspecified atom stereocenters. The summed E-state index contributed by atoms with van der Waals surface area (Å²) >= 11 is 1.89. The van der Waals surface area contributed by atoms with Gasteiger partial charge in [0.1, 0.15) is 0 Å². The highest BCUT2D eigenvalue weighted by molar-refractivity contribution is 7.26. The normalized spacial score (nSPS) is 12.1. The molecule has 0 aliphatic heterocycles. The van der Waals surface area contributed by atoms with Crippen molar-refractivity contribution in [2.75, 3.05) is 0 Å². The lowest BCUT2D eigenvalue weighted by Crippen LogP contribution is -2.74. The molecule has 0 N–H and O–H groups in total. The van der Waals surface area contributed by atoms with Gasteiger partial charge in [-0.2, -0.15) is 0 Å². The first-order valence-corrected chi connectivity index (χ1v) is 24.8. The van der Waals surface area contributed by atoms with Crippen LogP contribution in [0.2, 0.25) is 0 Å². The second kappa shape index (κ2) is 14.7. The number of hydrogen-bond donors (Lipinski definition) is 0. The van der Waals surface area contributed by atoms with E-state index in [1.54, 1.807) is 0 Å². The zero-order chi connectivity index (χ0) is 42.2. The van der Waals surface area contributed by atoms with Crippen molar-refractivity contribution in [3.8, 4) is 22.5 Å². The van der Waals surface area contributed by atoms with Gasteiger partial charge in [-0.25, -0.2) is 0 Å². The van der Waals surface area contributed by atoms with Crippen molar-refractivity contribution in [1.82, 2.24) is 9.13 Å². The van der Waals surface area contributed by atoms with E-state index in [1.807, 2.05) is 11.3 Å². The van der Waals surface area contributed by atoms with Crippen molar-refractivity contribution in [3.63, 3.8) is 0 Å². The summed E-state index contributed by atoms with van der Waals surface area (Å²) in [6.07, 6.45) is 0. The quantitative estimate of drug-likeness (QED) is 0.112. The molecule has 300 valence electrons. The summed E-state index contributed by atoms with van der Waals surface area (Å²) in [7, 11) is -2.81. The summed E-state index contributed by atoms with van der Waals surface area (Å²) in [6, 6.07) is 90.5. The molecule has 0 aliphatic carbocycles. The highest BCUT2D eigenvalue weighted by atomic mass is 32.1. The van der Waals surface area contributed by atoms with E-state index in [4.69, 9.17) is 0 Å². The number of rotatable bonds is 7. The number of benzene rings is 10. The Morgan fingerprint density at radius 1 is 0.297 bits per heavy atom. The van der Waals surface area contributed by atoms with Crippen molar-refractivity contribution in [1.29, 1.82) is 0 Å². The number of nitrogens with zero attached hydrogens (tertiary/aromatic N) is 2. The Morgan fingerprint density at radius 2 is 0.734 bits per heavy atom. The van der Waals surface area contributed by atoms with Crippen LogP contribution in [0, 0.1) is 0 Å². The summed E-state index contributed by atoms with van der Waals surface area (Å²) in [5.41, 5.74) is 9.67. The van der Waals surface area contributed by atoms with Gasteiger partial charge in [-0.1, -0.05) is 188 Å². The highest BCUT2D eigenvalue weighted by Gasteiger charge is 2.41. The summed E-state index contributed by atoms with van der Waals surface area (Å²) in [5, 5.41) is 13.1. The van der Waals surface area contributed by atoms with Gasteiger partial charge in [0.25, 0.3) is 0 Å². The maximum absolute atomic E-state index is 2.81. The van der Waals surface area contributed by atoms with E-state index in [9.17, 15) is 0 Å². The molecule has 0 aliphatic rings. The molecule has 0 radical (unpaired) electrons. The van der Waals surface area contributed by atoms with Crippen LogP contribution in [0.15, 0.2) is 243 Å². The Morgan fingerprint density at radius 3 is 1.34 bits per heavy atom. The second-order valence-corrected chi connectivity index (χ2v) is 21.7. The van der Waals surface area contributed by atoms with Crippen LogP contribution < -0.4 is 20.7 Å². The lowest BCUT2D eigenvalue weighted by Gasteiger charge is -2.34. The summed E-state index contributed by atoms with van der Waals surface area (Å²) in [5.74, 6) is 0. The van der Waals surface area contributed by atoms with Gasteiger partial charge in [0.15, 0.2) is 8.07 Å². The van der Waals surface area contributed by atoms with Crippen LogP contribution in [-0.2, 0) is 0 Å². The zero-order valence-corrected chi connectivity index (χ0v) is 36.7. The number of fused-ring (bicyclic) bond motifs is 9. The predicted molar refractivity (Wildman–Crippen MR) is 277 cm³/mol. The van der Waals surface area contributed by atoms with Crippen molar-refractivity contribution < 1.29 is 0 Å². The summed E-state index contributed by atoms with van der Waals surface area (Å²) < 4.78 is 7.53. The first-order valence-electron chi connectivity index (χ1n) is 22.0. The molecule has 0 saturated heterocycles. The number of aromatic nitrogens is 2. The first-order chi connectivity index (χ1) is 31.8. The van der Waals surface area contributed by atoms with Crippen LogP contribution in [0.3, 0.4) is 0 Å². The molecule has 10 aromatic carbocycles. The molecule has 13 aromatic rings. The van der Waals surface area contributed by atoms with E-state index in [2.05, 4.69) is 252 Å². The zero-order valence-electron chi connectivity index (χ0n) is 34.9. The average Bonchev–Trinajstić information content (AvgIpc) is 4.03. The molecular weight excluding hydrogens is 809 g/mol. The van der Waals surface area contributed by atoms with Gasteiger partial charge in [-0.15, -0.1) is 11.3 Å². The monoisotopic (exact) mass is 848 g/mol. The minimum absolute atomic E-state index is 1.15. The minimum Gasteiger partial charge on any atom is -0.309 e. The van der Waals surface area contributed by atoms with Crippen molar-refractivity contribution in [2.45, 2.75) is 0 Å². The molecule has 0 saturated carbocycles. The maximum Gasteiger partial charge on any atom is 0.179 e. The van der Waals surface area contributed by atoms with Gasteiger partial charge in [0, 0.05) is 53.1 Å². The van der Waals surface area contributed by atoms with Gasteiger partial charge in [-0.05, 0) is 86.5 Å². The molecule has 64 heavy (non-hydrogen) atoms. The Kier molecular flexibility index (Phi) is 8.45. The fourth-order valence-electron chi connectivity index (χ4n) is 10.7. The predicted octanol–water partition coefficient (Wildman–Crippen LogP) is 13.3. The van der Waals surface area contributed by atoms with Crippen LogP contribution in [0.5, 0.6) is 0 Å². The van der Waals surface area contributed by atoms with Gasteiger partial charge in [0.2, 0.25) is 0 Å². The molecule has 2 nitrogen and oxygen atoms in total. The summed E-state index contributed by atoms with van der Waals surface area (Å²) in [6.45, 7) is 0. The van der Waals surface area contributed by atoms with Crippen LogP contribution in [-0.4, -0.2) is 17.2 Å². The molecule has 13 rings (SSSR count). The Labute approximate surface area is 376 Å². The van der Waals surface area contributed by atoms with E-state index in [-0.39, 0.29) is 0 Å².